The molecule has 0 aliphatic carbocycles. The molecule has 4 heteroatoms. The molecule has 1 aromatic rings. The molecule has 0 bridgehead atoms. The monoisotopic (exact) mass is 342 g/mol. The van der Waals surface area contributed by atoms with Crippen molar-refractivity contribution in [3.05, 3.63) is 48.0 Å². The molecule has 25 heavy (non-hydrogen) atoms. The maximum Gasteiger partial charge on any atom is 0.323 e. The minimum absolute atomic E-state index is 0.192. The van der Waals surface area contributed by atoms with Crippen molar-refractivity contribution in [3.8, 4) is 11.8 Å². The number of hydrogen-bond acceptors (Lipinski definition) is 4. The zero-order valence-electron chi connectivity index (χ0n) is 15.3. The van der Waals surface area contributed by atoms with E-state index >= 15 is 0 Å². The summed E-state index contributed by atoms with van der Waals surface area (Å²) < 4.78 is 10.3. The van der Waals surface area contributed by atoms with Crippen molar-refractivity contribution in [2.24, 2.45) is 5.41 Å². The number of carbonyl (C=O) groups is 2. The molecular formula is C21H26O4. The Labute approximate surface area is 150 Å². The molecule has 1 rings (SSSR count). The summed E-state index contributed by atoms with van der Waals surface area (Å²) in [6.07, 6.45) is 0.800. The predicted molar refractivity (Wildman–Crippen MR) is 97.7 cm³/mol. The molecule has 0 aliphatic heterocycles. The van der Waals surface area contributed by atoms with E-state index in [-0.39, 0.29) is 26.1 Å². The molecule has 0 amide bonds. The van der Waals surface area contributed by atoms with E-state index < -0.39 is 17.4 Å². The quantitative estimate of drug-likeness (QED) is 0.311. The molecule has 0 unspecified atom stereocenters. The molecule has 4 nitrogen and oxygen atoms in total. The Hall–Kier alpha value is -2.54. The molecule has 0 aromatic heterocycles. The minimum Gasteiger partial charge on any atom is -0.465 e. The fraction of sp³-hybridized carbons (Fsp3) is 0.429. The van der Waals surface area contributed by atoms with Crippen molar-refractivity contribution in [1.29, 1.82) is 0 Å². The molecular weight excluding hydrogens is 316 g/mol. The number of allylic oxidation sites excluding steroid dienone is 1. The first kappa shape index (κ1) is 20.5. The maximum absolute atomic E-state index is 12.6. The molecule has 0 spiro atoms. The van der Waals surface area contributed by atoms with Gasteiger partial charge in [-0.3, -0.25) is 9.59 Å². The lowest BCUT2D eigenvalue weighted by molar-refractivity contribution is -0.172. The molecule has 0 saturated heterocycles. The molecule has 0 atom stereocenters. The molecule has 0 fully saturated rings. The van der Waals surface area contributed by atoms with Crippen LogP contribution in [0, 0.1) is 17.3 Å². The molecule has 0 saturated carbocycles. The smallest absolute Gasteiger partial charge is 0.323 e. The Morgan fingerprint density at radius 2 is 1.64 bits per heavy atom. The highest BCUT2D eigenvalue weighted by Crippen LogP contribution is 2.34. The lowest BCUT2D eigenvalue weighted by Crippen LogP contribution is -2.42. The van der Waals surface area contributed by atoms with Crippen LogP contribution in [0.3, 0.4) is 0 Å². The van der Waals surface area contributed by atoms with Gasteiger partial charge in [-0.05, 0) is 45.7 Å². The van der Waals surface area contributed by atoms with Crippen molar-refractivity contribution in [3.63, 3.8) is 0 Å². The summed E-state index contributed by atoms with van der Waals surface area (Å²) in [6, 6.07) is 9.56. The van der Waals surface area contributed by atoms with E-state index in [0.29, 0.717) is 6.42 Å². The molecule has 0 aliphatic rings. The summed E-state index contributed by atoms with van der Waals surface area (Å²) in [4.78, 5) is 25.1. The van der Waals surface area contributed by atoms with Crippen LogP contribution in [0.1, 0.15) is 45.6 Å². The molecule has 0 N–H and O–H groups in total. The van der Waals surface area contributed by atoms with E-state index in [1.54, 1.807) is 20.8 Å². The van der Waals surface area contributed by atoms with Gasteiger partial charge in [0.1, 0.15) is 0 Å². The zero-order valence-corrected chi connectivity index (χ0v) is 15.3. The molecule has 1 aromatic carbocycles. The highest BCUT2D eigenvalue weighted by Gasteiger charge is 2.48. The molecule has 134 valence electrons. The van der Waals surface area contributed by atoms with Crippen LogP contribution in [0.5, 0.6) is 0 Å². The summed E-state index contributed by atoms with van der Waals surface area (Å²) in [7, 11) is 0. The van der Waals surface area contributed by atoms with Crippen LogP contribution >= 0.6 is 0 Å². The van der Waals surface area contributed by atoms with E-state index in [0.717, 1.165) is 11.1 Å². The van der Waals surface area contributed by atoms with Gasteiger partial charge in [0.25, 0.3) is 0 Å². The van der Waals surface area contributed by atoms with Crippen molar-refractivity contribution in [1.82, 2.24) is 0 Å². The number of rotatable bonds is 8. The van der Waals surface area contributed by atoms with Gasteiger partial charge in [0.15, 0.2) is 5.41 Å². The van der Waals surface area contributed by atoms with Gasteiger partial charge < -0.3 is 9.47 Å². The van der Waals surface area contributed by atoms with E-state index in [2.05, 4.69) is 18.4 Å². The zero-order chi connectivity index (χ0) is 18.7. The SMILES string of the molecule is C=C(C)CC(CCC#Cc1ccccc1)(C(=O)OCC)C(=O)OCC. The summed E-state index contributed by atoms with van der Waals surface area (Å²) in [5.41, 5.74) is 0.223. The van der Waals surface area contributed by atoms with Crippen LogP contribution in [0.15, 0.2) is 42.5 Å². The third-order valence-corrected chi connectivity index (χ3v) is 3.62. The predicted octanol–water partition coefficient (Wildman–Crippen LogP) is 3.90. The lowest BCUT2D eigenvalue weighted by atomic mass is 9.78. The lowest BCUT2D eigenvalue weighted by Gasteiger charge is -2.28. The largest absolute Gasteiger partial charge is 0.465 e. The van der Waals surface area contributed by atoms with Crippen LogP contribution in [0.2, 0.25) is 0 Å². The first-order chi connectivity index (χ1) is 12.0. The third kappa shape index (κ3) is 6.11. The summed E-state index contributed by atoms with van der Waals surface area (Å²) in [6.45, 7) is 9.45. The van der Waals surface area contributed by atoms with Gasteiger partial charge in [-0.2, -0.15) is 0 Å². The van der Waals surface area contributed by atoms with E-state index in [1.165, 1.54) is 0 Å². The van der Waals surface area contributed by atoms with E-state index in [9.17, 15) is 9.59 Å². The highest BCUT2D eigenvalue weighted by molar-refractivity contribution is 6.00. The highest BCUT2D eigenvalue weighted by atomic mass is 16.6. The van der Waals surface area contributed by atoms with Gasteiger partial charge in [0.2, 0.25) is 0 Å². The van der Waals surface area contributed by atoms with Crippen molar-refractivity contribution < 1.29 is 19.1 Å². The van der Waals surface area contributed by atoms with Crippen LogP contribution in [-0.4, -0.2) is 25.2 Å². The van der Waals surface area contributed by atoms with Crippen molar-refractivity contribution in [2.45, 2.75) is 40.0 Å². The molecule has 0 heterocycles. The Balaban J connectivity index is 3.02. The number of esters is 2. The molecule has 0 radical (unpaired) electrons. The fourth-order valence-electron chi connectivity index (χ4n) is 2.54. The van der Waals surface area contributed by atoms with Crippen LogP contribution in [-0.2, 0) is 19.1 Å². The average molecular weight is 342 g/mol. The van der Waals surface area contributed by atoms with Gasteiger partial charge >= 0.3 is 11.9 Å². The standard InChI is InChI=1S/C21H26O4/c1-5-24-19(22)21(16-17(3)4,20(23)25-6-2)15-11-10-14-18-12-8-7-9-13-18/h7-9,12-13H,3,5-6,11,15-16H2,1-2,4H3. The third-order valence-electron chi connectivity index (χ3n) is 3.62. The number of ether oxygens (including phenoxy) is 2. The first-order valence-corrected chi connectivity index (χ1v) is 8.49. The Morgan fingerprint density at radius 3 is 2.12 bits per heavy atom. The minimum atomic E-state index is -1.39. The average Bonchev–Trinajstić information content (AvgIpc) is 2.58. The topological polar surface area (TPSA) is 52.6 Å². The summed E-state index contributed by atoms with van der Waals surface area (Å²) >= 11 is 0. The Kier molecular flexibility index (Phi) is 8.49. The Morgan fingerprint density at radius 1 is 1.08 bits per heavy atom. The van der Waals surface area contributed by atoms with Crippen LogP contribution in [0.25, 0.3) is 0 Å². The van der Waals surface area contributed by atoms with E-state index in [4.69, 9.17) is 9.47 Å². The first-order valence-electron chi connectivity index (χ1n) is 8.49. The number of hydrogen-bond donors (Lipinski definition) is 0. The second-order valence-corrected chi connectivity index (χ2v) is 5.82. The van der Waals surface area contributed by atoms with Gasteiger partial charge in [0.05, 0.1) is 13.2 Å². The normalized spacial score (nSPS) is 10.4. The van der Waals surface area contributed by atoms with Crippen LogP contribution in [0.4, 0.5) is 0 Å². The maximum atomic E-state index is 12.6. The fourth-order valence-corrected chi connectivity index (χ4v) is 2.54. The Bertz CT molecular complexity index is 631. The van der Waals surface area contributed by atoms with Crippen molar-refractivity contribution >= 4 is 11.9 Å². The van der Waals surface area contributed by atoms with E-state index in [1.807, 2.05) is 30.3 Å². The number of carbonyl (C=O) groups excluding carboxylic acids is 2. The van der Waals surface area contributed by atoms with Gasteiger partial charge in [-0.25, -0.2) is 0 Å². The van der Waals surface area contributed by atoms with Crippen molar-refractivity contribution in [2.75, 3.05) is 13.2 Å². The number of benzene rings is 1. The van der Waals surface area contributed by atoms with Gasteiger partial charge in [-0.15, -0.1) is 6.58 Å². The summed E-state index contributed by atoms with van der Waals surface area (Å²) in [5.74, 6) is 4.92. The van der Waals surface area contributed by atoms with Crippen LogP contribution < -0.4 is 0 Å². The van der Waals surface area contributed by atoms with Gasteiger partial charge in [0, 0.05) is 12.0 Å². The van der Waals surface area contributed by atoms with Gasteiger partial charge in [-0.1, -0.05) is 35.6 Å². The second kappa shape index (κ2) is 10.4. The summed E-state index contributed by atoms with van der Waals surface area (Å²) in [5, 5.41) is 0. The second-order valence-electron chi connectivity index (χ2n) is 5.82.